The number of nitrogens with zero attached hydrogens (tertiary/aromatic N) is 2. The number of aryl methyl sites for hydroxylation is 2. The van der Waals surface area contributed by atoms with E-state index < -0.39 is 0 Å². The largest absolute Gasteiger partial charge is 0.504 e. The van der Waals surface area contributed by atoms with E-state index >= 15 is 0 Å². The summed E-state index contributed by atoms with van der Waals surface area (Å²) in [5, 5.41) is 13.4. The van der Waals surface area contributed by atoms with Crippen LogP contribution in [0.1, 0.15) is 18.3 Å². The molecule has 56 valence electrons. The highest BCUT2D eigenvalue weighted by Gasteiger charge is 2.06. The fraction of sp³-hybridized carbons (Fsp3) is 0.571. The molecule has 3 nitrogen and oxygen atoms in total. The Hall–Kier alpha value is -0.990. The van der Waals surface area contributed by atoms with Gasteiger partial charge >= 0.3 is 0 Å². The molecule has 1 aromatic rings. The molecule has 3 heteroatoms. The van der Waals surface area contributed by atoms with Gasteiger partial charge in [-0.2, -0.15) is 5.10 Å². The van der Waals surface area contributed by atoms with Gasteiger partial charge < -0.3 is 5.11 Å². The lowest BCUT2D eigenvalue weighted by molar-refractivity contribution is 0.465. The summed E-state index contributed by atoms with van der Waals surface area (Å²) in [6.45, 7) is 6.47. The lowest BCUT2D eigenvalue weighted by atomic mass is 10.3. The van der Waals surface area contributed by atoms with Crippen LogP contribution in [0.15, 0.2) is 0 Å². The predicted molar refractivity (Wildman–Crippen MR) is 39.0 cm³/mol. The molecule has 0 saturated carbocycles. The topological polar surface area (TPSA) is 38.0 Å². The highest BCUT2D eigenvalue weighted by Crippen LogP contribution is 2.19. The smallest absolute Gasteiger partial charge is 0.159 e. The van der Waals surface area contributed by atoms with Crippen LogP contribution in [0.2, 0.25) is 0 Å². The van der Waals surface area contributed by atoms with Crippen LogP contribution in [0.3, 0.4) is 0 Å². The molecule has 0 radical (unpaired) electrons. The average molecular weight is 140 g/mol. The predicted octanol–water partition coefficient (Wildman–Crippen LogP) is 1.23. The van der Waals surface area contributed by atoms with Crippen molar-refractivity contribution in [1.82, 2.24) is 9.78 Å². The van der Waals surface area contributed by atoms with E-state index in [0.717, 1.165) is 12.2 Å². The van der Waals surface area contributed by atoms with Gasteiger partial charge in [-0.25, -0.2) is 0 Å². The number of aromatic hydroxyl groups is 1. The van der Waals surface area contributed by atoms with Crippen LogP contribution in [0, 0.1) is 13.8 Å². The summed E-state index contributed by atoms with van der Waals surface area (Å²) in [5.41, 5.74) is 1.55. The first-order chi connectivity index (χ1) is 4.66. The quantitative estimate of drug-likeness (QED) is 0.637. The van der Waals surface area contributed by atoms with Gasteiger partial charge in [0.15, 0.2) is 5.75 Å². The van der Waals surface area contributed by atoms with Gasteiger partial charge in [-0.1, -0.05) is 0 Å². The zero-order valence-electron chi connectivity index (χ0n) is 6.55. The van der Waals surface area contributed by atoms with Gasteiger partial charge in [0.1, 0.15) is 5.69 Å². The Morgan fingerprint density at radius 3 is 2.30 bits per heavy atom. The molecule has 0 bridgehead atoms. The van der Waals surface area contributed by atoms with E-state index in [0.29, 0.717) is 11.4 Å². The minimum atomic E-state index is 0.321. The van der Waals surface area contributed by atoms with Crippen molar-refractivity contribution in [2.24, 2.45) is 0 Å². The molecule has 0 aromatic carbocycles. The third kappa shape index (κ3) is 0.875. The van der Waals surface area contributed by atoms with Crippen LogP contribution in [0.5, 0.6) is 5.75 Å². The number of hydrogen-bond acceptors (Lipinski definition) is 2. The van der Waals surface area contributed by atoms with Crippen molar-refractivity contribution in [3.05, 3.63) is 11.4 Å². The van der Waals surface area contributed by atoms with E-state index in [4.69, 9.17) is 0 Å². The fourth-order valence-corrected chi connectivity index (χ4v) is 0.995. The Bertz CT molecular complexity index is 240. The summed E-state index contributed by atoms with van der Waals surface area (Å²) in [6, 6.07) is 0. The Labute approximate surface area is 60.3 Å². The molecule has 10 heavy (non-hydrogen) atoms. The van der Waals surface area contributed by atoms with Crippen LogP contribution in [0.25, 0.3) is 0 Å². The summed E-state index contributed by atoms with van der Waals surface area (Å²) in [6.07, 6.45) is 0. The minimum Gasteiger partial charge on any atom is -0.504 e. The van der Waals surface area contributed by atoms with Crippen molar-refractivity contribution in [3.63, 3.8) is 0 Å². The van der Waals surface area contributed by atoms with Crippen molar-refractivity contribution in [2.75, 3.05) is 0 Å². The van der Waals surface area contributed by atoms with Crippen LogP contribution in [-0.4, -0.2) is 14.9 Å². The molecule has 0 aliphatic heterocycles. The van der Waals surface area contributed by atoms with Crippen molar-refractivity contribution < 1.29 is 5.11 Å². The van der Waals surface area contributed by atoms with Gasteiger partial charge in [0, 0.05) is 6.54 Å². The monoisotopic (exact) mass is 140 g/mol. The molecular weight excluding hydrogens is 128 g/mol. The standard InChI is InChI=1S/C7H12N2O/c1-4-9-6(3)7(10)5(2)8-9/h10H,4H2,1-3H3. The van der Waals surface area contributed by atoms with Crippen molar-refractivity contribution >= 4 is 0 Å². The number of rotatable bonds is 1. The summed E-state index contributed by atoms with van der Waals surface area (Å²) in [4.78, 5) is 0. The Morgan fingerprint density at radius 1 is 1.50 bits per heavy atom. The lowest BCUT2D eigenvalue weighted by Crippen LogP contribution is -1.98. The van der Waals surface area contributed by atoms with Gasteiger partial charge in [-0.15, -0.1) is 0 Å². The second kappa shape index (κ2) is 2.33. The molecule has 1 rings (SSSR count). The van der Waals surface area contributed by atoms with Gasteiger partial charge in [0.25, 0.3) is 0 Å². The summed E-state index contributed by atoms with van der Waals surface area (Å²) in [5.74, 6) is 0.321. The first-order valence-electron chi connectivity index (χ1n) is 3.39. The average Bonchev–Trinajstić information content (AvgIpc) is 2.17. The minimum absolute atomic E-state index is 0.321. The first kappa shape index (κ1) is 7.12. The third-order valence-electron chi connectivity index (χ3n) is 1.64. The number of aromatic nitrogens is 2. The van der Waals surface area contributed by atoms with Crippen LogP contribution in [-0.2, 0) is 6.54 Å². The van der Waals surface area contributed by atoms with E-state index in [1.54, 1.807) is 11.6 Å². The van der Waals surface area contributed by atoms with Crippen LogP contribution < -0.4 is 0 Å². The van der Waals surface area contributed by atoms with E-state index in [1.807, 2.05) is 13.8 Å². The molecule has 1 aromatic heterocycles. The van der Waals surface area contributed by atoms with E-state index in [1.165, 1.54) is 0 Å². The maximum Gasteiger partial charge on any atom is 0.159 e. The molecule has 0 aliphatic carbocycles. The summed E-state index contributed by atoms with van der Waals surface area (Å²) in [7, 11) is 0. The Kier molecular flexibility index (Phi) is 1.66. The zero-order valence-corrected chi connectivity index (χ0v) is 6.55. The molecule has 0 spiro atoms. The fourth-order valence-electron chi connectivity index (χ4n) is 0.995. The zero-order chi connectivity index (χ0) is 7.72. The van der Waals surface area contributed by atoms with Gasteiger partial charge in [0.05, 0.1) is 5.69 Å². The van der Waals surface area contributed by atoms with E-state index in [2.05, 4.69) is 5.10 Å². The maximum atomic E-state index is 9.27. The molecular formula is C7H12N2O. The van der Waals surface area contributed by atoms with Crippen molar-refractivity contribution in [3.8, 4) is 5.75 Å². The van der Waals surface area contributed by atoms with E-state index in [9.17, 15) is 5.11 Å². The second-order valence-corrected chi connectivity index (χ2v) is 2.34. The molecule has 0 unspecified atom stereocenters. The highest BCUT2D eigenvalue weighted by atomic mass is 16.3. The van der Waals surface area contributed by atoms with Crippen molar-refractivity contribution in [2.45, 2.75) is 27.3 Å². The molecule has 0 saturated heterocycles. The molecule has 1 heterocycles. The SMILES string of the molecule is CCn1nc(C)c(O)c1C. The summed E-state index contributed by atoms with van der Waals surface area (Å²) < 4.78 is 1.78. The van der Waals surface area contributed by atoms with Gasteiger partial charge in [-0.3, -0.25) is 4.68 Å². The number of hydrogen-bond donors (Lipinski definition) is 1. The highest BCUT2D eigenvalue weighted by molar-refractivity contribution is 5.29. The van der Waals surface area contributed by atoms with Gasteiger partial charge in [0.2, 0.25) is 0 Å². The second-order valence-electron chi connectivity index (χ2n) is 2.34. The maximum absolute atomic E-state index is 9.27. The van der Waals surface area contributed by atoms with Crippen LogP contribution >= 0.6 is 0 Å². The Morgan fingerprint density at radius 2 is 2.10 bits per heavy atom. The summed E-state index contributed by atoms with van der Waals surface area (Å²) >= 11 is 0. The third-order valence-corrected chi connectivity index (χ3v) is 1.64. The van der Waals surface area contributed by atoms with E-state index in [-0.39, 0.29) is 0 Å². The lowest BCUT2D eigenvalue weighted by Gasteiger charge is -1.95. The normalized spacial score (nSPS) is 10.3. The van der Waals surface area contributed by atoms with Gasteiger partial charge in [-0.05, 0) is 20.8 Å². The molecule has 0 aliphatic rings. The first-order valence-corrected chi connectivity index (χ1v) is 3.39. The van der Waals surface area contributed by atoms with Crippen LogP contribution in [0.4, 0.5) is 0 Å². The Balaban J connectivity index is 3.17. The molecule has 0 fully saturated rings. The van der Waals surface area contributed by atoms with Crippen molar-refractivity contribution in [1.29, 1.82) is 0 Å². The molecule has 0 amide bonds. The molecule has 1 N–H and O–H groups in total. The molecule has 0 atom stereocenters.